The summed E-state index contributed by atoms with van der Waals surface area (Å²) in [4.78, 5) is 18.5. The Kier molecular flexibility index (Phi) is 3.84. The van der Waals surface area contributed by atoms with Crippen molar-refractivity contribution in [2.24, 2.45) is 0 Å². The Bertz CT molecular complexity index is 1350. The number of nitrogens with zero attached hydrogens (tertiary/aromatic N) is 2. The van der Waals surface area contributed by atoms with Crippen molar-refractivity contribution in [3.63, 3.8) is 0 Å². The van der Waals surface area contributed by atoms with E-state index in [-0.39, 0.29) is 11.3 Å². The standard InChI is InChI=1S/C22H15N3O2S/c26-19-9-5-4-8-16(19)17-11-23-21-18(12-24-25(21)22(17)27)20-10-15(13-28-20)14-6-2-1-3-7-14/h1-13,24,26H. The van der Waals surface area contributed by atoms with Gasteiger partial charge in [0, 0.05) is 22.8 Å². The highest BCUT2D eigenvalue weighted by Gasteiger charge is 2.16. The van der Waals surface area contributed by atoms with Gasteiger partial charge in [0.15, 0.2) is 5.65 Å². The number of hydrogen-bond acceptors (Lipinski definition) is 4. The third-order valence-electron chi connectivity index (χ3n) is 4.71. The monoisotopic (exact) mass is 385 g/mol. The van der Waals surface area contributed by atoms with Crippen molar-refractivity contribution in [2.75, 3.05) is 0 Å². The van der Waals surface area contributed by atoms with E-state index in [0.29, 0.717) is 16.8 Å². The van der Waals surface area contributed by atoms with Crippen LogP contribution < -0.4 is 5.56 Å². The van der Waals surface area contributed by atoms with Crippen LogP contribution in [0.4, 0.5) is 0 Å². The van der Waals surface area contributed by atoms with Gasteiger partial charge in [0.1, 0.15) is 5.75 Å². The minimum Gasteiger partial charge on any atom is -0.507 e. The van der Waals surface area contributed by atoms with E-state index in [4.69, 9.17) is 0 Å². The molecule has 0 spiro atoms. The van der Waals surface area contributed by atoms with Crippen molar-refractivity contribution in [3.8, 4) is 38.4 Å². The van der Waals surface area contributed by atoms with Gasteiger partial charge in [0.2, 0.25) is 0 Å². The lowest BCUT2D eigenvalue weighted by Gasteiger charge is -2.04. The Morgan fingerprint density at radius 2 is 1.71 bits per heavy atom. The van der Waals surface area contributed by atoms with E-state index in [9.17, 15) is 9.90 Å². The van der Waals surface area contributed by atoms with Gasteiger partial charge in [-0.2, -0.15) is 0 Å². The van der Waals surface area contributed by atoms with Gasteiger partial charge in [0.25, 0.3) is 5.56 Å². The Hall–Kier alpha value is -3.64. The van der Waals surface area contributed by atoms with Gasteiger partial charge in [-0.05, 0) is 28.6 Å². The number of para-hydroxylation sites is 1. The van der Waals surface area contributed by atoms with Gasteiger partial charge in [-0.1, -0.05) is 48.5 Å². The number of fused-ring (bicyclic) bond motifs is 1. The fraction of sp³-hybridized carbons (Fsp3) is 0. The highest BCUT2D eigenvalue weighted by molar-refractivity contribution is 7.14. The minimum atomic E-state index is -0.252. The number of rotatable bonds is 3. The first-order valence-corrected chi connectivity index (χ1v) is 9.62. The summed E-state index contributed by atoms with van der Waals surface area (Å²) in [7, 11) is 0. The number of hydrogen-bond donors (Lipinski definition) is 2. The molecule has 2 N–H and O–H groups in total. The second kappa shape index (κ2) is 6.51. The lowest BCUT2D eigenvalue weighted by molar-refractivity contribution is 0.477. The molecule has 0 fully saturated rings. The first-order valence-electron chi connectivity index (χ1n) is 8.74. The Balaban J connectivity index is 1.62. The van der Waals surface area contributed by atoms with E-state index in [2.05, 4.69) is 33.7 Å². The summed E-state index contributed by atoms with van der Waals surface area (Å²) in [5.74, 6) is 0.0545. The van der Waals surface area contributed by atoms with Crippen LogP contribution in [0.3, 0.4) is 0 Å². The van der Waals surface area contributed by atoms with Crippen molar-refractivity contribution in [3.05, 3.63) is 88.8 Å². The van der Waals surface area contributed by atoms with Gasteiger partial charge >= 0.3 is 0 Å². The maximum Gasteiger partial charge on any atom is 0.280 e. The van der Waals surface area contributed by atoms with Crippen molar-refractivity contribution < 1.29 is 5.11 Å². The van der Waals surface area contributed by atoms with Gasteiger partial charge in [-0.3, -0.25) is 9.89 Å². The molecule has 5 nitrogen and oxygen atoms in total. The molecule has 6 heteroatoms. The van der Waals surface area contributed by atoms with E-state index in [1.807, 2.05) is 18.2 Å². The van der Waals surface area contributed by atoms with E-state index in [1.54, 1.807) is 41.8 Å². The summed E-state index contributed by atoms with van der Waals surface area (Å²) in [6.45, 7) is 0. The number of nitrogens with one attached hydrogen (secondary N) is 1. The fourth-order valence-corrected chi connectivity index (χ4v) is 4.22. The van der Waals surface area contributed by atoms with Gasteiger partial charge < -0.3 is 5.11 Å². The third kappa shape index (κ3) is 2.62. The van der Waals surface area contributed by atoms with Crippen LogP contribution in [0.5, 0.6) is 5.75 Å². The van der Waals surface area contributed by atoms with Gasteiger partial charge in [0.05, 0.1) is 11.1 Å². The van der Waals surface area contributed by atoms with Crippen molar-refractivity contribution in [1.82, 2.24) is 14.6 Å². The second-order valence-electron chi connectivity index (χ2n) is 6.41. The van der Waals surface area contributed by atoms with E-state index in [0.717, 1.165) is 21.6 Å². The van der Waals surface area contributed by atoms with E-state index in [1.165, 1.54) is 10.7 Å². The Labute approximate surface area is 164 Å². The summed E-state index contributed by atoms with van der Waals surface area (Å²) >= 11 is 1.61. The summed E-state index contributed by atoms with van der Waals surface area (Å²) in [6.07, 6.45) is 3.31. The number of aromatic amines is 1. The lowest BCUT2D eigenvalue weighted by Crippen LogP contribution is -2.16. The van der Waals surface area contributed by atoms with Crippen molar-refractivity contribution in [2.45, 2.75) is 0 Å². The molecule has 136 valence electrons. The maximum absolute atomic E-state index is 12.9. The van der Waals surface area contributed by atoms with Crippen LogP contribution in [-0.2, 0) is 0 Å². The normalized spacial score (nSPS) is 11.1. The number of phenolic OH excluding ortho intramolecular Hbond substituents is 1. The minimum absolute atomic E-state index is 0.0545. The number of H-pyrrole nitrogens is 1. The zero-order valence-electron chi connectivity index (χ0n) is 14.7. The molecule has 0 saturated heterocycles. The molecule has 0 amide bonds. The molecule has 5 rings (SSSR count). The molecule has 0 radical (unpaired) electrons. The molecule has 0 atom stereocenters. The number of phenols is 1. The predicted octanol–water partition coefficient (Wildman–Crippen LogP) is 4.79. The summed E-state index contributed by atoms with van der Waals surface area (Å²) in [6, 6.07) is 19.0. The largest absolute Gasteiger partial charge is 0.507 e. The van der Waals surface area contributed by atoms with Gasteiger partial charge in [-0.15, -0.1) is 11.3 Å². The molecule has 0 aliphatic rings. The molecule has 5 aromatic rings. The summed E-state index contributed by atoms with van der Waals surface area (Å²) < 4.78 is 1.42. The first kappa shape index (κ1) is 16.5. The van der Waals surface area contributed by atoms with Crippen LogP contribution in [0, 0.1) is 0 Å². The average Bonchev–Trinajstić information content (AvgIpc) is 3.37. The zero-order chi connectivity index (χ0) is 19.1. The highest BCUT2D eigenvalue weighted by atomic mass is 32.1. The number of benzene rings is 2. The number of aromatic nitrogens is 3. The van der Waals surface area contributed by atoms with Crippen LogP contribution in [0.2, 0.25) is 0 Å². The van der Waals surface area contributed by atoms with Crippen molar-refractivity contribution >= 4 is 17.0 Å². The average molecular weight is 385 g/mol. The lowest BCUT2D eigenvalue weighted by atomic mass is 10.1. The summed E-state index contributed by atoms with van der Waals surface area (Å²) in [5, 5.41) is 15.2. The molecule has 3 heterocycles. The van der Waals surface area contributed by atoms with Crippen LogP contribution in [0.25, 0.3) is 38.3 Å². The smallest absolute Gasteiger partial charge is 0.280 e. The predicted molar refractivity (Wildman–Crippen MR) is 112 cm³/mol. The maximum atomic E-state index is 12.9. The molecule has 0 aliphatic heterocycles. The number of aromatic hydroxyl groups is 1. The molecule has 0 saturated carbocycles. The molecule has 0 aliphatic carbocycles. The Morgan fingerprint density at radius 1 is 0.929 bits per heavy atom. The molecule has 2 aromatic carbocycles. The zero-order valence-corrected chi connectivity index (χ0v) is 15.5. The molecule has 3 aromatic heterocycles. The Morgan fingerprint density at radius 3 is 2.54 bits per heavy atom. The van der Waals surface area contributed by atoms with Crippen molar-refractivity contribution in [1.29, 1.82) is 0 Å². The molecular formula is C22H15N3O2S. The topological polar surface area (TPSA) is 70.4 Å². The van der Waals surface area contributed by atoms with Gasteiger partial charge in [-0.25, -0.2) is 9.50 Å². The van der Waals surface area contributed by atoms with E-state index >= 15 is 0 Å². The second-order valence-corrected chi connectivity index (χ2v) is 7.32. The summed E-state index contributed by atoms with van der Waals surface area (Å²) in [5.41, 5.74) is 4.27. The van der Waals surface area contributed by atoms with Crippen LogP contribution in [0.15, 0.2) is 83.2 Å². The van der Waals surface area contributed by atoms with Crippen LogP contribution in [-0.4, -0.2) is 19.7 Å². The molecular weight excluding hydrogens is 370 g/mol. The number of thiophene rings is 1. The van der Waals surface area contributed by atoms with Crippen LogP contribution >= 0.6 is 11.3 Å². The first-order chi connectivity index (χ1) is 13.7. The fourth-order valence-electron chi connectivity index (χ4n) is 3.29. The molecule has 0 bridgehead atoms. The SMILES string of the molecule is O=c1c(-c2ccccc2O)cnc2c(-c3cc(-c4ccccc4)cs3)c[nH]n12. The highest BCUT2D eigenvalue weighted by Crippen LogP contribution is 2.34. The molecule has 0 unspecified atom stereocenters. The third-order valence-corrected chi connectivity index (χ3v) is 5.67. The quantitative estimate of drug-likeness (QED) is 0.469. The molecule has 28 heavy (non-hydrogen) atoms. The van der Waals surface area contributed by atoms with Crippen LogP contribution in [0.1, 0.15) is 0 Å². The van der Waals surface area contributed by atoms with E-state index < -0.39 is 0 Å².